The molecular formula is C60H69Cl3SiTi. The molecule has 1 aliphatic rings. The van der Waals surface area contributed by atoms with Gasteiger partial charge in [-0.1, -0.05) is 98.6 Å². The normalized spacial score (nSPS) is 14.6. The van der Waals surface area contributed by atoms with Crippen LogP contribution in [0.1, 0.15) is 111 Å². The molecule has 1 aliphatic carbocycles. The van der Waals surface area contributed by atoms with Gasteiger partial charge in [-0.25, -0.2) is 5.57 Å². The van der Waals surface area contributed by atoms with E-state index in [1.165, 1.54) is 149 Å². The molecule has 0 saturated carbocycles. The van der Waals surface area contributed by atoms with Crippen molar-refractivity contribution in [2.75, 3.05) is 0 Å². The van der Waals surface area contributed by atoms with Crippen LogP contribution in [0.2, 0.25) is 5.04 Å². The maximum absolute atomic E-state index is 4.29. The minimum Gasteiger partial charge on any atom is -1.00 e. The molecule has 0 aliphatic heterocycles. The van der Waals surface area contributed by atoms with Gasteiger partial charge < -0.3 is 37.2 Å². The van der Waals surface area contributed by atoms with Crippen LogP contribution < -0.4 is 52.8 Å². The van der Waals surface area contributed by atoms with Crippen LogP contribution in [0.25, 0.3) is 33.4 Å². The van der Waals surface area contributed by atoms with E-state index in [0.29, 0.717) is 0 Å². The summed E-state index contributed by atoms with van der Waals surface area (Å²) in [5, 5.41) is 3.85. The molecule has 65 heavy (non-hydrogen) atoms. The second kappa shape index (κ2) is 20.4. The Morgan fingerprint density at radius 3 is 0.800 bits per heavy atom. The summed E-state index contributed by atoms with van der Waals surface area (Å²) in [5.41, 5.74) is 32.9. The van der Waals surface area contributed by atoms with Crippen LogP contribution in [0, 0.1) is 110 Å². The van der Waals surface area contributed by atoms with E-state index >= 15 is 0 Å². The molecule has 6 aromatic rings. The molecule has 0 heterocycles. The quantitative estimate of drug-likeness (QED) is 0.110. The first kappa shape index (κ1) is 55.9. The van der Waals surface area contributed by atoms with Gasteiger partial charge in [-0.3, -0.25) is 6.08 Å². The second-order valence-electron chi connectivity index (χ2n) is 19.1. The number of halogens is 3. The molecule has 0 aromatic heterocycles. The van der Waals surface area contributed by atoms with Crippen molar-refractivity contribution >= 4 is 23.6 Å². The van der Waals surface area contributed by atoms with E-state index in [-0.39, 0.29) is 58.9 Å². The van der Waals surface area contributed by atoms with Gasteiger partial charge in [0.1, 0.15) is 8.07 Å². The fourth-order valence-corrected chi connectivity index (χ4v) is 17.5. The van der Waals surface area contributed by atoms with E-state index in [9.17, 15) is 0 Å². The molecule has 0 radical (unpaired) electrons. The van der Waals surface area contributed by atoms with Crippen molar-refractivity contribution in [2.24, 2.45) is 0 Å². The molecule has 6 aromatic carbocycles. The Hall–Kier alpha value is -3.40. The fraction of sp³-hybridized carbons (Fsp3) is 0.333. The first-order valence-electron chi connectivity index (χ1n) is 22.5. The third kappa shape index (κ3) is 8.49. The maximum atomic E-state index is 4.29. The van der Waals surface area contributed by atoms with Crippen LogP contribution in [0.3, 0.4) is 0 Å². The molecule has 0 saturated heterocycles. The summed E-state index contributed by atoms with van der Waals surface area (Å²) in [4.78, 5) is 0. The number of allylic oxidation sites excluding steroid dienone is 4. The number of hydrogen-bond acceptors (Lipinski definition) is 0. The Labute approximate surface area is 428 Å². The van der Waals surface area contributed by atoms with Crippen LogP contribution in [0.15, 0.2) is 89.5 Å². The Bertz CT molecular complexity index is 2550. The Balaban J connectivity index is 0.00000281. The average Bonchev–Trinajstić information content (AvgIpc) is 3.45. The molecule has 0 fully saturated rings. The van der Waals surface area contributed by atoms with Crippen molar-refractivity contribution in [2.45, 2.75) is 137 Å². The molecular weight excluding hydrogens is 903 g/mol. The second-order valence-corrected chi connectivity index (χ2v) is 23.3. The summed E-state index contributed by atoms with van der Waals surface area (Å²) in [6.45, 7) is 44.2. The molecule has 0 bridgehead atoms. The summed E-state index contributed by atoms with van der Waals surface area (Å²) in [6, 6.07) is 29.4. The molecule has 5 heteroatoms. The Morgan fingerprint density at radius 2 is 0.585 bits per heavy atom. The van der Waals surface area contributed by atoms with Gasteiger partial charge in [0.2, 0.25) is 0 Å². The van der Waals surface area contributed by atoms with Crippen molar-refractivity contribution < 1.29 is 58.9 Å². The van der Waals surface area contributed by atoms with Gasteiger partial charge in [0, 0.05) is 0 Å². The number of hydrogen-bond donors (Lipinski definition) is 0. The van der Waals surface area contributed by atoms with Crippen molar-refractivity contribution in [1.29, 1.82) is 0 Å². The zero-order valence-corrected chi connectivity index (χ0v) is 47.4. The summed E-state index contributed by atoms with van der Waals surface area (Å²) in [5.74, 6) is 0. The summed E-state index contributed by atoms with van der Waals surface area (Å²) in [6.07, 6.45) is 4.29. The average molecular weight is 973 g/mol. The molecule has 7 rings (SSSR count). The largest absolute Gasteiger partial charge is 4.00 e. The van der Waals surface area contributed by atoms with Crippen LogP contribution >= 0.6 is 0 Å². The monoisotopic (exact) mass is 970 g/mol. The van der Waals surface area contributed by atoms with Gasteiger partial charge >= 0.3 is 21.7 Å². The fourth-order valence-electron chi connectivity index (χ4n) is 11.5. The third-order valence-electron chi connectivity index (χ3n) is 16.8. The zero-order valence-electron chi connectivity index (χ0n) is 42.6. The van der Waals surface area contributed by atoms with Gasteiger partial charge in [0.25, 0.3) is 0 Å². The first-order chi connectivity index (χ1) is 28.6. The summed E-state index contributed by atoms with van der Waals surface area (Å²) in [7, 11) is -3.16. The van der Waals surface area contributed by atoms with Crippen LogP contribution in [-0.4, -0.2) is 8.07 Å². The van der Waals surface area contributed by atoms with E-state index in [0.717, 1.165) is 0 Å². The molecule has 1 unspecified atom stereocenters. The van der Waals surface area contributed by atoms with E-state index in [1.54, 1.807) is 0 Å². The smallest absolute Gasteiger partial charge is 1.00 e. The molecule has 0 amide bonds. The van der Waals surface area contributed by atoms with Crippen LogP contribution in [0.5, 0.6) is 0 Å². The standard InChI is InChI=1S/C60H69Si.3ClH.Ti/c1-33-32-60(19,50(18)34(33)2)61(54-26-20-23-51(29-54)57-44(12)38(6)35(3)39(7)45(57)13,55-27-21-24-52(30-55)58-46(14)40(8)36(4)41(9)47(58)15)56-28-22-25-53(31-56)59-48(16)42(10)37(5)43(11)49(59)17;;;;/h20-31H,1-19H3;3*1H;/q-1;;;;+4/p-3. The minimum absolute atomic E-state index is 0. The molecule has 0 spiro atoms. The van der Waals surface area contributed by atoms with E-state index in [2.05, 4.69) is 210 Å². The summed E-state index contributed by atoms with van der Waals surface area (Å²) < 4.78 is 0. The van der Waals surface area contributed by atoms with Crippen molar-refractivity contribution in [3.8, 4) is 33.4 Å². The van der Waals surface area contributed by atoms with Gasteiger partial charge in [-0.05, 0) is 236 Å². The van der Waals surface area contributed by atoms with Crippen molar-refractivity contribution in [3.05, 3.63) is 179 Å². The van der Waals surface area contributed by atoms with E-state index < -0.39 is 13.1 Å². The minimum atomic E-state index is -3.16. The van der Waals surface area contributed by atoms with Crippen molar-refractivity contribution in [3.63, 3.8) is 0 Å². The first-order valence-corrected chi connectivity index (χ1v) is 24.5. The molecule has 0 N–H and O–H groups in total. The van der Waals surface area contributed by atoms with Gasteiger partial charge in [-0.15, -0.1) is 6.92 Å². The number of rotatable bonds is 7. The van der Waals surface area contributed by atoms with Gasteiger partial charge in [-0.2, -0.15) is 11.1 Å². The van der Waals surface area contributed by atoms with Gasteiger partial charge in [0.15, 0.2) is 0 Å². The predicted molar refractivity (Wildman–Crippen MR) is 271 cm³/mol. The van der Waals surface area contributed by atoms with Crippen LogP contribution in [0.4, 0.5) is 0 Å². The Morgan fingerprint density at radius 1 is 0.354 bits per heavy atom. The molecule has 1 atom stereocenters. The van der Waals surface area contributed by atoms with Gasteiger partial charge in [0.05, 0.1) is 0 Å². The Kier molecular flexibility index (Phi) is 17.6. The van der Waals surface area contributed by atoms with Crippen molar-refractivity contribution in [1.82, 2.24) is 0 Å². The predicted octanol–water partition coefficient (Wildman–Crippen LogP) is 5.65. The third-order valence-corrected chi connectivity index (χ3v) is 22.3. The van der Waals surface area contributed by atoms with E-state index in [4.69, 9.17) is 0 Å². The maximum Gasteiger partial charge on any atom is 4.00 e. The summed E-state index contributed by atoms with van der Waals surface area (Å²) >= 11 is 0. The van der Waals surface area contributed by atoms with E-state index in [1.807, 2.05) is 0 Å². The molecule has 0 nitrogen and oxygen atoms in total. The van der Waals surface area contributed by atoms with Crippen LogP contribution in [-0.2, 0) is 21.7 Å². The molecule has 338 valence electrons. The number of benzene rings is 6. The zero-order chi connectivity index (χ0) is 44.8. The SMILES string of the molecule is CC1=[C-]C(C)([Si](c2cccc(-c3c(C)c(C)c(C)c(C)c3C)c2)(c2cccc(-c3c(C)c(C)c(C)c(C)c3C)c2)c2cccc(-c3c(C)c(C)c(C)c(C)c3C)c2)C(C)=C1C.[Cl-].[Cl-].[Cl-].[Ti+4]. The topological polar surface area (TPSA) is 0 Å².